The van der Waals surface area contributed by atoms with E-state index in [0.717, 1.165) is 13.1 Å². The van der Waals surface area contributed by atoms with Crippen molar-refractivity contribution < 1.29 is 9.18 Å². The summed E-state index contributed by atoms with van der Waals surface area (Å²) in [6, 6.07) is 1.26. The Morgan fingerprint density at radius 2 is 2.06 bits per heavy atom. The van der Waals surface area contributed by atoms with E-state index in [4.69, 9.17) is 0 Å². The van der Waals surface area contributed by atoms with E-state index in [9.17, 15) is 9.18 Å². The molecule has 4 nitrogen and oxygen atoms in total. The summed E-state index contributed by atoms with van der Waals surface area (Å²) in [5.74, 6) is -0.911. The number of aromatic nitrogens is 1. The van der Waals surface area contributed by atoms with Crippen LogP contribution < -0.4 is 0 Å². The van der Waals surface area contributed by atoms with Crippen molar-refractivity contribution in [2.75, 3.05) is 33.2 Å². The molecule has 0 saturated carbocycles. The van der Waals surface area contributed by atoms with Gasteiger partial charge in [-0.15, -0.1) is 0 Å². The molecule has 0 aliphatic carbocycles. The van der Waals surface area contributed by atoms with Gasteiger partial charge in [0.15, 0.2) is 11.5 Å². The fourth-order valence-electron chi connectivity index (χ4n) is 1.73. The van der Waals surface area contributed by atoms with E-state index < -0.39 is 5.82 Å². The van der Waals surface area contributed by atoms with Crippen molar-refractivity contribution in [3.63, 3.8) is 0 Å². The van der Waals surface area contributed by atoms with E-state index in [1.54, 1.807) is 4.90 Å². The number of likely N-dealkylation sites (N-methyl/N-ethyl adjacent to an activating group) is 1. The highest BCUT2D eigenvalue weighted by molar-refractivity contribution is 9.10. The summed E-state index contributed by atoms with van der Waals surface area (Å²) in [4.78, 5) is 19.6. The number of hydrogen-bond acceptors (Lipinski definition) is 3. The lowest BCUT2D eigenvalue weighted by atomic mass is 10.2. The van der Waals surface area contributed by atoms with Crippen LogP contribution in [0.1, 0.15) is 10.5 Å². The van der Waals surface area contributed by atoms with Crippen LogP contribution in [0.3, 0.4) is 0 Å². The Kier molecular flexibility index (Phi) is 3.73. The summed E-state index contributed by atoms with van der Waals surface area (Å²) in [5.41, 5.74) is -0.0993. The van der Waals surface area contributed by atoms with Gasteiger partial charge < -0.3 is 9.80 Å². The molecule has 1 aromatic heterocycles. The van der Waals surface area contributed by atoms with Gasteiger partial charge in [-0.25, -0.2) is 9.37 Å². The molecule has 1 amide bonds. The van der Waals surface area contributed by atoms with Gasteiger partial charge in [-0.1, -0.05) is 0 Å². The second kappa shape index (κ2) is 5.10. The van der Waals surface area contributed by atoms with Gasteiger partial charge in [0.1, 0.15) is 0 Å². The van der Waals surface area contributed by atoms with Gasteiger partial charge in [-0.05, 0) is 29.0 Å². The largest absolute Gasteiger partial charge is 0.335 e. The van der Waals surface area contributed by atoms with Gasteiger partial charge in [0, 0.05) is 36.8 Å². The van der Waals surface area contributed by atoms with Crippen molar-refractivity contribution in [2.45, 2.75) is 0 Å². The van der Waals surface area contributed by atoms with Crippen LogP contribution in [0.2, 0.25) is 0 Å². The number of pyridine rings is 1. The zero-order chi connectivity index (χ0) is 12.4. The highest BCUT2D eigenvalue weighted by Gasteiger charge is 2.23. The third kappa shape index (κ3) is 2.81. The summed E-state index contributed by atoms with van der Waals surface area (Å²) in [6.45, 7) is 2.85. The van der Waals surface area contributed by atoms with Gasteiger partial charge in [-0.3, -0.25) is 4.79 Å². The van der Waals surface area contributed by atoms with Crippen molar-refractivity contribution in [1.29, 1.82) is 0 Å². The number of piperazine rings is 1. The fourth-order valence-corrected chi connectivity index (χ4v) is 2.03. The Labute approximate surface area is 108 Å². The first kappa shape index (κ1) is 12.4. The Bertz CT molecular complexity index is 433. The maximum Gasteiger partial charge on any atom is 0.275 e. The van der Waals surface area contributed by atoms with E-state index in [1.165, 1.54) is 12.3 Å². The van der Waals surface area contributed by atoms with E-state index in [-0.39, 0.29) is 11.6 Å². The summed E-state index contributed by atoms with van der Waals surface area (Å²) >= 11 is 3.12. The molecule has 1 aliphatic rings. The number of amides is 1. The molecular weight excluding hydrogens is 289 g/mol. The third-order valence-corrected chi connectivity index (χ3v) is 3.23. The average Bonchev–Trinajstić information content (AvgIpc) is 2.29. The van der Waals surface area contributed by atoms with E-state index >= 15 is 0 Å². The van der Waals surface area contributed by atoms with Gasteiger partial charge in [0.05, 0.1) is 0 Å². The van der Waals surface area contributed by atoms with E-state index in [0.29, 0.717) is 17.6 Å². The van der Waals surface area contributed by atoms with Crippen LogP contribution in [0.5, 0.6) is 0 Å². The van der Waals surface area contributed by atoms with E-state index in [1.807, 2.05) is 7.05 Å². The highest BCUT2D eigenvalue weighted by atomic mass is 79.9. The zero-order valence-electron chi connectivity index (χ0n) is 9.49. The van der Waals surface area contributed by atoms with Crippen molar-refractivity contribution in [2.24, 2.45) is 0 Å². The molecule has 1 aliphatic heterocycles. The summed E-state index contributed by atoms with van der Waals surface area (Å²) in [7, 11) is 2.00. The van der Waals surface area contributed by atoms with Crippen molar-refractivity contribution in [3.05, 3.63) is 28.2 Å². The fraction of sp³-hybridized carbons (Fsp3) is 0.455. The number of halogens is 2. The molecule has 0 unspecified atom stereocenters. The molecule has 0 spiro atoms. The second-order valence-electron chi connectivity index (χ2n) is 4.08. The first-order chi connectivity index (χ1) is 8.08. The lowest BCUT2D eigenvalue weighted by molar-refractivity contribution is 0.0653. The molecule has 1 fully saturated rings. The van der Waals surface area contributed by atoms with Gasteiger partial charge in [0.25, 0.3) is 5.91 Å². The predicted molar refractivity (Wildman–Crippen MR) is 65.3 cm³/mol. The van der Waals surface area contributed by atoms with Crippen LogP contribution in [0.4, 0.5) is 4.39 Å². The SMILES string of the molecule is CN1CCN(C(=O)c2ncc(Br)cc2F)CC1. The number of rotatable bonds is 1. The molecule has 92 valence electrons. The smallest absolute Gasteiger partial charge is 0.275 e. The van der Waals surface area contributed by atoms with Gasteiger partial charge in [-0.2, -0.15) is 0 Å². The minimum atomic E-state index is -0.580. The summed E-state index contributed by atoms with van der Waals surface area (Å²) in [5, 5.41) is 0. The summed E-state index contributed by atoms with van der Waals surface area (Å²) < 4.78 is 14.1. The molecule has 6 heteroatoms. The van der Waals surface area contributed by atoms with Crippen LogP contribution in [-0.2, 0) is 0 Å². The lowest BCUT2D eigenvalue weighted by Crippen LogP contribution is -2.47. The van der Waals surface area contributed by atoms with Crippen LogP contribution in [0.15, 0.2) is 16.7 Å². The Hall–Kier alpha value is -1.01. The van der Waals surface area contributed by atoms with Gasteiger partial charge >= 0.3 is 0 Å². The standard InChI is InChI=1S/C11H13BrFN3O/c1-15-2-4-16(5-3-15)11(17)10-9(13)6-8(12)7-14-10/h6-7H,2-5H2,1H3. The zero-order valence-corrected chi connectivity index (χ0v) is 11.1. The van der Waals surface area contributed by atoms with Crippen molar-refractivity contribution >= 4 is 21.8 Å². The van der Waals surface area contributed by atoms with Crippen LogP contribution in [0.25, 0.3) is 0 Å². The topological polar surface area (TPSA) is 36.4 Å². The Morgan fingerprint density at radius 3 is 2.65 bits per heavy atom. The minimum Gasteiger partial charge on any atom is -0.335 e. The minimum absolute atomic E-state index is 0.0993. The van der Waals surface area contributed by atoms with Crippen LogP contribution in [-0.4, -0.2) is 53.9 Å². The molecule has 1 saturated heterocycles. The molecule has 1 aromatic rings. The number of hydrogen-bond donors (Lipinski definition) is 0. The van der Waals surface area contributed by atoms with Gasteiger partial charge in [0.2, 0.25) is 0 Å². The molecule has 0 radical (unpaired) electrons. The van der Waals surface area contributed by atoms with Crippen LogP contribution in [0, 0.1) is 5.82 Å². The molecule has 0 bridgehead atoms. The molecular formula is C11H13BrFN3O. The first-order valence-corrected chi connectivity index (χ1v) is 6.16. The average molecular weight is 302 g/mol. The number of carbonyl (C=O) groups is 1. The second-order valence-corrected chi connectivity index (χ2v) is 5.00. The van der Waals surface area contributed by atoms with Crippen molar-refractivity contribution in [3.8, 4) is 0 Å². The first-order valence-electron chi connectivity index (χ1n) is 5.37. The van der Waals surface area contributed by atoms with E-state index in [2.05, 4.69) is 25.8 Å². The Balaban J connectivity index is 2.14. The molecule has 17 heavy (non-hydrogen) atoms. The Morgan fingerprint density at radius 1 is 1.41 bits per heavy atom. The third-order valence-electron chi connectivity index (χ3n) is 2.80. The highest BCUT2D eigenvalue weighted by Crippen LogP contribution is 2.14. The molecule has 0 aromatic carbocycles. The number of nitrogens with zero attached hydrogens (tertiary/aromatic N) is 3. The lowest BCUT2D eigenvalue weighted by Gasteiger charge is -2.32. The maximum atomic E-state index is 13.6. The maximum absolute atomic E-state index is 13.6. The van der Waals surface area contributed by atoms with Crippen LogP contribution >= 0.6 is 15.9 Å². The monoisotopic (exact) mass is 301 g/mol. The summed E-state index contributed by atoms with van der Waals surface area (Å²) in [6.07, 6.45) is 1.44. The van der Waals surface area contributed by atoms with Crippen molar-refractivity contribution in [1.82, 2.24) is 14.8 Å². The molecule has 2 heterocycles. The predicted octanol–water partition coefficient (Wildman–Crippen LogP) is 1.37. The normalized spacial score (nSPS) is 17.2. The molecule has 0 N–H and O–H groups in total. The quantitative estimate of drug-likeness (QED) is 0.786. The number of carbonyl (C=O) groups excluding carboxylic acids is 1. The molecule has 0 atom stereocenters. The molecule has 2 rings (SSSR count).